The van der Waals surface area contributed by atoms with Crippen LogP contribution in [0.25, 0.3) is 0 Å². The van der Waals surface area contributed by atoms with Crippen LogP contribution in [0.5, 0.6) is 0 Å². The first-order chi connectivity index (χ1) is 8.65. The maximum Gasteiger partial charge on any atom is 0.249 e. The number of hydrogen-bond acceptors (Lipinski definition) is 2. The lowest BCUT2D eigenvalue weighted by molar-refractivity contribution is -0.130. The largest absolute Gasteiger partial charge is 0.368 e. The van der Waals surface area contributed by atoms with E-state index < -0.39 is 0 Å². The van der Waals surface area contributed by atoms with Crippen molar-refractivity contribution >= 4 is 21.8 Å². The molecule has 98 valence electrons. The SMILES string of the molecule is CC(Cc1ccc(Br)cc1)NC(=O)C1CCCO1. The van der Waals surface area contributed by atoms with Gasteiger partial charge in [0, 0.05) is 17.1 Å². The van der Waals surface area contributed by atoms with Gasteiger partial charge in [0.15, 0.2) is 0 Å². The number of amides is 1. The third kappa shape index (κ3) is 3.82. The highest BCUT2D eigenvalue weighted by molar-refractivity contribution is 9.10. The second-order valence-corrected chi connectivity index (χ2v) is 5.66. The predicted octanol–water partition coefficient (Wildman–Crippen LogP) is 2.68. The van der Waals surface area contributed by atoms with Crippen LogP contribution in [0.3, 0.4) is 0 Å². The van der Waals surface area contributed by atoms with E-state index in [9.17, 15) is 4.79 Å². The van der Waals surface area contributed by atoms with Crippen LogP contribution in [-0.2, 0) is 16.0 Å². The zero-order valence-electron chi connectivity index (χ0n) is 10.5. The number of carbonyl (C=O) groups excluding carboxylic acids is 1. The van der Waals surface area contributed by atoms with Gasteiger partial charge in [-0.15, -0.1) is 0 Å². The molecule has 1 heterocycles. The molecule has 18 heavy (non-hydrogen) atoms. The van der Waals surface area contributed by atoms with Gasteiger partial charge in [-0.3, -0.25) is 4.79 Å². The van der Waals surface area contributed by atoms with Gasteiger partial charge in [0.25, 0.3) is 0 Å². The molecule has 1 aromatic carbocycles. The van der Waals surface area contributed by atoms with Gasteiger partial charge >= 0.3 is 0 Å². The summed E-state index contributed by atoms with van der Waals surface area (Å²) in [5, 5.41) is 3.01. The third-order valence-corrected chi connectivity index (χ3v) is 3.59. The minimum absolute atomic E-state index is 0.0251. The molecule has 1 aliphatic heterocycles. The van der Waals surface area contributed by atoms with Crippen LogP contribution in [0.4, 0.5) is 0 Å². The fourth-order valence-corrected chi connectivity index (χ4v) is 2.41. The summed E-state index contributed by atoms with van der Waals surface area (Å²) in [6.07, 6.45) is 2.43. The van der Waals surface area contributed by atoms with Gasteiger partial charge in [-0.1, -0.05) is 28.1 Å². The zero-order chi connectivity index (χ0) is 13.0. The topological polar surface area (TPSA) is 38.3 Å². The maximum absolute atomic E-state index is 11.9. The van der Waals surface area contributed by atoms with E-state index in [2.05, 4.69) is 33.4 Å². The number of benzene rings is 1. The Morgan fingerprint density at radius 2 is 2.22 bits per heavy atom. The standard InChI is InChI=1S/C14H18BrNO2/c1-10(9-11-4-6-12(15)7-5-11)16-14(17)13-3-2-8-18-13/h4-7,10,13H,2-3,8-9H2,1H3,(H,16,17). The van der Waals surface area contributed by atoms with E-state index in [0.29, 0.717) is 6.61 Å². The van der Waals surface area contributed by atoms with Crippen LogP contribution < -0.4 is 5.32 Å². The van der Waals surface area contributed by atoms with E-state index in [0.717, 1.165) is 23.7 Å². The highest BCUT2D eigenvalue weighted by Gasteiger charge is 2.24. The molecular formula is C14H18BrNO2. The molecule has 0 radical (unpaired) electrons. The molecule has 2 atom stereocenters. The number of nitrogens with one attached hydrogen (secondary N) is 1. The first-order valence-corrected chi connectivity index (χ1v) is 7.11. The van der Waals surface area contributed by atoms with Crippen LogP contribution >= 0.6 is 15.9 Å². The summed E-state index contributed by atoms with van der Waals surface area (Å²) in [6.45, 7) is 2.73. The minimum atomic E-state index is -0.239. The smallest absolute Gasteiger partial charge is 0.249 e. The van der Waals surface area contributed by atoms with Gasteiger partial charge in [-0.2, -0.15) is 0 Å². The van der Waals surface area contributed by atoms with E-state index >= 15 is 0 Å². The van der Waals surface area contributed by atoms with Crippen LogP contribution in [0.2, 0.25) is 0 Å². The summed E-state index contributed by atoms with van der Waals surface area (Å²) in [5.41, 5.74) is 1.22. The number of carbonyl (C=O) groups is 1. The highest BCUT2D eigenvalue weighted by Crippen LogP contribution is 2.14. The fraction of sp³-hybridized carbons (Fsp3) is 0.500. The highest BCUT2D eigenvalue weighted by atomic mass is 79.9. The van der Waals surface area contributed by atoms with Crippen LogP contribution in [0.15, 0.2) is 28.7 Å². The summed E-state index contributed by atoms with van der Waals surface area (Å²) in [6, 6.07) is 8.30. The molecule has 0 aromatic heterocycles. The molecule has 1 fully saturated rings. The van der Waals surface area contributed by atoms with Crippen molar-refractivity contribution in [3.8, 4) is 0 Å². The van der Waals surface area contributed by atoms with Gasteiger partial charge in [0.2, 0.25) is 5.91 Å². The summed E-state index contributed by atoms with van der Waals surface area (Å²) in [7, 11) is 0. The normalized spacial score (nSPS) is 20.7. The molecule has 4 heteroatoms. The predicted molar refractivity (Wildman–Crippen MR) is 74.4 cm³/mol. The van der Waals surface area contributed by atoms with Crippen LogP contribution in [0, 0.1) is 0 Å². The Morgan fingerprint density at radius 1 is 1.50 bits per heavy atom. The van der Waals surface area contributed by atoms with Crippen molar-refractivity contribution in [3.63, 3.8) is 0 Å². The number of hydrogen-bond donors (Lipinski definition) is 1. The van der Waals surface area contributed by atoms with Gasteiger partial charge in [-0.25, -0.2) is 0 Å². The molecule has 1 aliphatic rings. The van der Waals surface area contributed by atoms with Gasteiger partial charge < -0.3 is 10.1 Å². The van der Waals surface area contributed by atoms with E-state index in [-0.39, 0.29) is 18.1 Å². The molecule has 0 bridgehead atoms. The Morgan fingerprint density at radius 3 is 2.83 bits per heavy atom. The molecular weight excluding hydrogens is 294 g/mol. The van der Waals surface area contributed by atoms with Gasteiger partial charge in [0.05, 0.1) is 0 Å². The zero-order valence-corrected chi connectivity index (χ0v) is 12.1. The second-order valence-electron chi connectivity index (χ2n) is 4.74. The Kier molecular flexibility index (Phi) is 4.78. The lowest BCUT2D eigenvalue weighted by atomic mass is 10.1. The number of ether oxygens (including phenoxy) is 1. The number of halogens is 1. The van der Waals surface area contributed by atoms with Crippen molar-refractivity contribution in [3.05, 3.63) is 34.3 Å². The molecule has 2 rings (SSSR count). The van der Waals surface area contributed by atoms with E-state index in [1.807, 2.05) is 19.1 Å². The average molecular weight is 312 g/mol. The van der Waals surface area contributed by atoms with Gasteiger partial charge in [0.1, 0.15) is 6.10 Å². The summed E-state index contributed by atoms with van der Waals surface area (Å²) in [5.74, 6) is 0.0251. The first-order valence-electron chi connectivity index (χ1n) is 6.31. The average Bonchev–Trinajstić information content (AvgIpc) is 2.85. The van der Waals surface area contributed by atoms with Crippen molar-refractivity contribution in [1.29, 1.82) is 0 Å². The molecule has 2 unspecified atom stereocenters. The summed E-state index contributed by atoms with van der Waals surface area (Å²) >= 11 is 3.41. The monoisotopic (exact) mass is 311 g/mol. The van der Waals surface area contributed by atoms with E-state index in [1.54, 1.807) is 0 Å². The summed E-state index contributed by atoms with van der Waals surface area (Å²) < 4.78 is 6.43. The Hall–Kier alpha value is -0.870. The quantitative estimate of drug-likeness (QED) is 0.928. The molecule has 3 nitrogen and oxygen atoms in total. The van der Waals surface area contributed by atoms with Crippen molar-refractivity contribution in [2.24, 2.45) is 0 Å². The minimum Gasteiger partial charge on any atom is -0.368 e. The Bertz CT molecular complexity index is 399. The fourth-order valence-electron chi connectivity index (χ4n) is 2.15. The molecule has 0 spiro atoms. The molecule has 1 amide bonds. The van der Waals surface area contributed by atoms with Crippen LogP contribution in [0.1, 0.15) is 25.3 Å². The van der Waals surface area contributed by atoms with Crippen molar-refractivity contribution in [2.45, 2.75) is 38.3 Å². The van der Waals surface area contributed by atoms with Crippen molar-refractivity contribution < 1.29 is 9.53 Å². The molecule has 0 saturated carbocycles. The molecule has 1 N–H and O–H groups in total. The summed E-state index contributed by atoms with van der Waals surface area (Å²) in [4.78, 5) is 11.9. The third-order valence-electron chi connectivity index (χ3n) is 3.07. The van der Waals surface area contributed by atoms with Crippen molar-refractivity contribution in [1.82, 2.24) is 5.32 Å². The Balaban J connectivity index is 1.82. The van der Waals surface area contributed by atoms with Gasteiger partial charge in [-0.05, 0) is 43.9 Å². The molecule has 1 aromatic rings. The van der Waals surface area contributed by atoms with Crippen LogP contribution in [-0.4, -0.2) is 24.7 Å². The molecule has 0 aliphatic carbocycles. The van der Waals surface area contributed by atoms with Crippen molar-refractivity contribution in [2.75, 3.05) is 6.61 Å². The second kappa shape index (κ2) is 6.34. The lowest BCUT2D eigenvalue weighted by Gasteiger charge is -2.16. The Labute approximate surface area is 116 Å². The number of rotatable bonds is 4. The first kappa shape index (κ1) is 13.6. The maximum atomic E-state index is 11.9. The lowest BCUT2D eigenvalue weighted by Crippen LogP contribution is -2.40. The van der Waals surface area contributed by atoms with E-state index in [1.165, 1.54) is 5.56 Å². The van der Waals surface area contributed by atoms with E-state index in [4.69, 9.17) is 4.74 Å². The molecule has 1 saturated heterocycles.